The summed E-state index contributed by atoms with van der Waals surface area (Å²) in [4.78, 5) is 5.71. The van der Waals surface area contributed by atoms with Crippen LogP contribution in [0.25, 0.3) is 0 Å². The molecule has 0 saturated carbocycles. The number of ether oxygens (including phenoxy) is 1. The number of aromatic nitrogens is 1. The summed E-state index contributed by atoms with van der Waals surface area (Å²) in [6.07, 6.45) is 4.40. The standard InChI is InChI=1S/C12H16N2OS/c1-2-8-5-9-7-15-11-10(16)3-4-13-12(11)14(9)6-8/h3-4,8-9H,2,5-7H2,1H3,(H,13,16)/t8?,9-/m0/s1. The van der Waals surface area contributed by atoms with E-state index in [1.54, 1.807) is 0 Å². The summed E-state index contributed by atoms with van der Waals surface area (Å²) in [7, 11) is 0. The minimum absolute atomic E-state index is 0.533. The van der Waals surface area contributed by atoms with Gasteiger partial charge in [0.15, 0.2) is 11.6 Å². The summed E-state index contributed by atoms with van der Waals surface area (Å²) in [6, 6.07) is 2.42. The van der Waals surface area contributed by atoms with Crippen molar-refractivity contribution in [1.29, 1.82) is 0 Å². The highest BCUT2D eigenvalue weighted by atomic mass is 32.1. The van der Waals surface area contributed by atoms with E-state index in [9.17, 15) is 0 Å². The number of anilines is 1. The van der Waals surface area contributed by atoms with Crippen LogP contribution in [0.4, 0.5) is 5.82 Å². The zero-order valence-electron chi connectivity index (χ0n) is 9.40. The Bertz CT molecular complexity index is 457. The molecule has 3 heterocycles. The summed E-state index contributed by atoms with van der Waals surface area (Å²) in [6.45, 7) is 4.18. The van der Waals surface area contributed by atoms with Crippen LogP contribution in [0.5, 0.6) is 5.75 Å². The minimum Gasteiger partial charge on any atom is -0.486 e. The topological polar surface area (TPSA) is 28.3 Å². The third kappa shape index (κ3) is 1.44. The Labute approximate surface area is 100 Å². The van der Waals surface area contributed by atoms with Crippen molar-refractivity contribution in [2.75, 3.05) is 18.1 Å². The third-order valence-electron chi connectivity index (χ3n) is 3.68. The molecular weight excluding hydrogens is 220 g/mol. The molecule has 1 aromatic heterocycles. The molecule has 1 fully saturated rings. The van der Waals surface area contributed by atoms with Crippen molar-refractivity contribution in [2.24, 2.45) is 5.92 Å². The van der Waals surface area contributed by atoms with Crippen molar-refractivity contribution in [3.05, 3.63) is 16.8 Å². The smallest absolute Gasteiger partial charge is 0.177 e. The van der Waals surface area contributed by atoms with Crippen molar-refractivity contribution in [2.45, 2.75) is 25.8 Å². The predicted octanol–water partition coefficient (Wildman–Crippen LogP) is 2.74. The Morgan fingerprint density at radius 3 is 3.31 bits per heavy atom. The van der Waals surface area contributed by atoms with Crippen molar-refractivity contribution in [3.63, 3.8) is 0 Å². The fraction of sp³-hybridized carbons (Fsp3) is 0.583. The SMILES string of the molecule is CCC1C[C@H]2COc3c([nH]ccc3=S)N2C1. The van der Waals surface area contributed by atoms with Crippen molar-refractivity contribution in [1.82, 2.24) is 4.98 Å². The van der Waals surface area contributed by atoms with Gasteiger partial charge in [-0.25, -0.2) is 0 Å². The summed E-state index contributed by atoms with van der Waals surface area (Å²) in [5.74, 6) is 2.74. The lowest BCUT2D eigenvalue weighted by atomic mass is 10.0. The summed E-state index contributed by atoms with van der Waals surface area (Å²) in [5, 5.41) is 0. The lowest BCUT2D eigenvalue weighted by Gasteiger charge is -2.32. The van der Waals surface area contributed by atoms with Gasteiger partial charge >= 0.3 is 0 Å². The van der Waals surface area contributed by atoms with Gasteiger partial charge in [-0.05, 0) is 18.4 Å². The number of rotatable bonds is 1. The van der Waals surface area contributed by atoms with Crippen LogP contribution < -0.4 is 9.64 Å². The van der Waals surface area contributed by atoms with Gasteiger partial charge < -0.3 is 14.6 Å². The van der Waals surface area contributed by atoms with E-state index in [0.717, 1.165) is 35.1 Å². The molecule has 1 aromatic rings. The molecule has 4 heteroatoms. The molecule has 0 spiro atoms. The second kappa shape index (κ2) is 3.77. The molecule has 0 aromatic carbocycles. The molecule has 3 nitrogen and oxygen atoms in total. The number of H-pyrrole nitrogens is 1. The van der Waals surface area contributed by atoms with Gasteiger partial charge in [0.2, 0.25) is 0 Å². The molecule has 1 N–H and O–H groups in total. The van der Waals surface area contributed by atoms with Gasteiger partial charge in [-0.2, -0.15) is 0 Å². The number of hydrogen-bond acceptors (Lipinski definition) is 3. The Morgan fingerprint density at radius 2 is 2.50 bits per heavy atom. The van der Waals surface area contributed by atoms with E-state index >= 15 is 0 Å². The van der Waals surface area contributed by atoms with Gasteiger partial charge in [-0.3, -0.25) is 0 Å². The van der Waals surface area contributed by atoms with Crippen LogP contribution in [-0.4, -0.2) is 24.2 Å². The van der Waals surface area contributed by atoms with Crippen LogP contribution in [-0.2, 0) is 0 Å². The van der Waals surface area contributed by atoms with Crippen molar-refractivity contribution in [3.8, 4) is 5.75 Å². The molecule has 1 saturated heterocycles. The summed E-state index contributed by atoms with van der Waals surface area (Å²) in [5.41, 5.74) is 0. The highest BCUT2D eigenvalue weighted by molar-refractivity contribution is 7.71. The molecule has 0 radical (unpaired) electrons. The number of fused-ring (bicyclic) bond motifs is 3. The quantitative estimate of drug-likeness (QED) is 0.760. The van der Waals surface area contributed by atoms with Gasteiger partial charge in [0.1, 0.15) is 6.61 Å². The molecule has 86 valence electrons. The largest absolute Gasteiger partial charge is 0.486 e. The van der Waals surface area contributed by atoms with E-state index in [0.29, 0.717) is 6.04 Å². The molecule has 2 aliphatic rings. The first-order chi connectivity index (χ1) is 7.79. The normalized spacial score (nSPS) is 27.2. The lowest BCUT2D eigenvalue weighted by molar-refractivity contribution is 0.266. The van der Waals surface area contributed by atoms with Crippen LogP contribution in [0.15, 0.2) is 12.3 Å². The number of aromatic amines is 1. The van der Waals surface area contributed by atoms with E-state index in [1.807, 2.05) is 12.3 Å². The maximum Gasteiger partial charge on any atom is 0.177 e. The maximum atomic E-state index is 5.78. The fourth-order valence-electron chi connectivity index (χ4n) is 2.73. The zero-order valence-corrected chi connectivity index (χ0v) is 10.2. The van der Waals surface area contributed by atoms with Gasteiger partial charge in [-0.1, -0.05) is 25.6 Å². The second-order valence-corrected chi connectivity index (χ2v) is 5.09. The van der Waals surface area contributed by atoms with Crippen molar-refractivity contribution < 1.29 is 4.74 Å². The first-order valence-corrected chi connectivity index (χ1v) is 6.31. The Kier molecular flexibility index (Phi) is 2.39. The van der Waals surface area contributed by atoms with Crippen LogP contribution in [0.1, 0.15) is 19.8 Å². The molecule has 0 aliphatic carbocycles. The summed E-state index contributed by atoms with van der Waals surface area (Å²) < 4.78 is 6.60. The average Bonchev–Trinajstić information content (AvgIpc) is 2.72. The van der Waals surface area contributed by atoms with E-state index in [-0.39, 0.29) is 0 Å². The first-order valence-electron chi connectivity index (χ1n) is 5.90. The minimum atomic E-state index is 0.533. The molecular formula is C12H16N2OS. The molecule has 2 aliphatic heterocycles. The third-order valence-corrected chi connectivity index (χ3v) is 4.00. The van der Waals surface area contributed by atoms with E-state index in [1.165, 1.54) is 12.8 Å². The first kappa shape index (κ1) is 10.1. The lowest BCUT2D eigenvalue weighted by Crippen LogP contribution is -2.38. The van der Waals surface area contributed by atoms with Gasteiger partial charge in [0, 0.05) is 12.7 Å². The zero-order chi connectivity index (χ0) is 11.1. The van der Waals surface area contributed by atoms with Crippen LogP contribution in [0.3, 0.4) is 0 Å². The number of hydrogen-bond donors (Lipinski definition) is 1. The molecule has 16 heavy (non-hydrogen) atoms. The average molecular weight is 236 g/mol. The Morgan fingerprint density at radius 1 is 1.62 bits per heavy atom. The van der Waals surface area contributed by atoms with E-state index < -0.39 is 0 Å². The number of pyridine rings is 1. The molecule has 1 unspecified atom stereocenters. The molecule has 3 rings (SSSR count). The van der Waals surface area contributed by atoms with E-state index in [2.05, 4.69) is 16.8 Å². The Balaban J connectivity index is 2.01. The number of nitrogens with zero attached hydrogens (tertiary/aromatic N) is 1. The second-order valence-electron chi connectivity index (χ2n) is 4.65. The van der Waals surface area contributed by atoms with E-state index in [4.69, 9.17) is 17.0 Å². The number of nitrogens with one attached hydrogen (secondary N) is 1. The molecule has 0 bridgehead atoms. The molecule has 2 atom stereocenters. The van der Waals surface area contributed by atoms with Crippen LogP contribution >= 0.6 is 12.2 Å². The van der Waals surface area contributed by atoms with Crippen LogP contribution in [0.2, 0.25) is 0 Å². The highest BCUT2D eigenvalue weighted by Crippen LogP contribution is 2.39. The highest BCUT2D eigenvalue weighted by Gasteiger charge is 2.36. The van der Waals surface area contributed by atoms with Gasteiger partial charge in [-0.15, -0.1) is 0 Å². The fourth-order valence-corrected chi connectivity index (χ4v) is 2.95. The van der Waals surface area contributed by atoms with Crippen LogP contribution in [0, 0.1) is 10.4 Å². The van der Waals surface area contributed by atoms with Gasteiger partial charge in [0.05, 0.1) is 10.6 Å². The van der Waals surface area contributed by atoms with Gasteiger partial charge in [0.25, 0.3) is 0 Å². The molecule has 0 amide bonds. The Hall–Kier alpha value is -1.03. The monoisotopic (exact) mass is 236 g/mol. The maximum absolute atomic E-state index is 5.78. The predicted molar refractivity (Wildman–Crippen MR) is 66.7 cm³/mol. The summed E-state index contributed by atoms with van der Waals surface area (Å²) >= 11 is 5.28. The van der Waals surface area contributed by atoms with Crippen molar-refractivity contribution >= 4 is 18.0 Å².